The van der Waals surface area contributed by atoms with Gasteiger partial charge in [0.15, 0.2) is 24.8 Å². The molecule has 4 heteroatoms. The molecule has 0 radical (unpaired) electrons. The number of benzene rings is 12. The van der Waals surface area contributed by atoms with E-state index in [-0.39, 0.29) is 21.7 Å². The Balaban J connectivity index is 0.000000114. The smallest absolute Gasteiger partial charge is 0.201 e. The van der Waals surface area contributed by atoms with Crippen LogP contribution in [0.25, 0.3) is 133 Å². The number of hydrogen-bond donors (Lipinski definition) is 0. The molecule has 0 aliphatic heterocycles. The van der Waals surface area contributed by atoms with E-state index in [4.69, 9.17) is 0 Å². The van der Waals surface area contributed by atoms with Crippen LogP contribution in [-0.2, 0) is 75.5 Å². The fourth-order valence-corrected chi connectivity index (χ4v) is 21.0. The lowest BCUT2D eigenvalue weighted by molar-refractivity contribution is -0.661. The van der Waals surface area contributed by atoms with Gasteiger partial charge in [-0.3, -0.25) is 0 Å². The first-order valence-corrected chi connectivity index (χ1v) is 43.7. The van der Waals surface area contributed by atoms with E-state index in [1.54, 1.807) is 0 Å². The predicted molar refractivity (Wildman–Crippen MR) is 508 cm³/mol. The highest BCUT2D eigenvalue weighted by Crippen LogP contribution is 2.59. The van der Waals surface area contributed by atoms with Gasteiger partial charge in [-0.25, -0.2) is 18.3 Å². The molecule has 0 spiro atoms. The minimum absolute atomic E-state index is 0.00806. The Morgan fingerprint density at radius 2 is 0.583 bits per heavy atom. The Bertz CT molecular complexity index is 6950. The van der Waals surface area contributed by atoms with Crippen molar-refractivity contribution in [2.45, 2.75) is 186 Å². The number of rotatable bonds is 4. The predicted octanol–water partition coefficient (Wildman–Crippen LogP) is 27.0. The molecule has 120 heavy (non-hydrogen) atoms. The van der Waals surface area contributed by atoms with Crippen LogP contribution in [0, 0.1) is 83.1 Å². The highest BCUT2D eigenvalue weighted by molar-refractivity contribution is 6.02. The SMILES string of the molecule is Cc1cc(-c2c(C)ccc3c2C(C)(C)C(C)(C)c2cc4ccccc4cc2-3)[n+](C)cc1C.Cc1cc(-c2c(C)ccc3c2CCc2cc4ccccc4cc2-3)[n+](C)cc1C.Cc1cc(-c2c(C)ccc3c2CCc2ccc4ccccc4c2-3)[n+](C)cc1C.Cc1cc(-c2cc3c(cc2C)C(C)(C)C(C)(C)c2c-3ccc3ccccc23)[n+](C)cc1C. The van der Waals surface area contributed by atoms with E-state index < -0.39 is 0 Å². The van der Waals surface area contributed by atoms with Crippen molar-refractivity contribution in [1.29, 1.82) is 0 Å². The third-order valence-electron chi connectivity index (χ3n) is 29.8. The van der Waals surface area contributed by atoms with Gasteiger partial charge in [-0.1, -0.05) is 225 Å². The molecule has 0 saturated heterocycles. The molecule has 4 nitrogen and oxygen atoms in total. The molecule has 4 aliphatic carbocycles. The normalized spacial score (nSPS) is 14.5. The average molecular weight is 1570 g/mol. The summed E-state index contributed by atoms with van der Waals surface area (Å²) >= 11 is 0. The van der Waals surface area contributed by atoms with E-state index in [0.29, 0.717) is 0 Å². The second-order valence-electron chi connectivity index (χ2n) is 38.1. The molecule has 20 rings (SSSR count). The van der Waals surface area contributed by atoms with E-state index in [9.17, 15) is 0 Å². The average Bonchev–Trinajstić information content (AvgIpc) is 0.699. The van der Waals surface area contributed by atoms with Crippen LogP contribution < -0.4 is 18.3 Å². The zero-order chi connectivity index (χ0) is 84.8. The molecule has 0 unspecified atom stereocenters. The molecule has 4 aliphatic rings. The van der Waals surface area contributed by atoms with Crippen LogP contribution in [0.1, 0.15) is 167 Å². The Morgan fingerprint density at radius 3 is 1.12 bits per heavy atom. The monoisotopic (exact) mass is 1570 g/mol. The molecule has 12 aromatic carbocycles. The summed E-state index contributed by atoms with van der Waals surface area (Å²) < 4.78 is 9.17. The number of hydrogen-bond acceptors (Lipinski definition) is 0. The van der Waals surface area contributed by atoms with Crippen molar-refractivity contribution in [2.75, 3.05) is 0 Å². The molecule has 0 amide bonds. The highest BCUT2D eigenvalue weighted by atomic mass is 14.9. The van der Waals surface area contributed by atoms with Crippen LogP contribution in [0.3, 0.4) is 0 Å². The van der Waals surface area contributed by atoms with Gasteiger partial charge in [0.2, 0.25) is 22.8 Å². The van der Waals surface area contributed by atoms with Gasteiger partial charge >= 0.3 is 0 Å². The molecule has 0 N–H and O–H groups in total. The summed E-state index contributed by atoms with van der Waals surface area (Å²) in [7, 11) is 8.69. The van der Waals surface area contributed by atoms with Gasteiger partial charge in [0.05, 0.1) is 16.7 Å². The van der Waals surface area contributed by atoms with Crippen LogP contribution in [0.15, 0.2) is 243 Å². The fraction of sp³-hybridized carbons (Fsp3) is 0.276. The lowest BCUT2D eigenvalue weighted by Crippen LogP contribution is -2.44. The summed E-state index contributed by atoms with van der Waals surface area (Å²) in [4.78, 5) is 0. The zero-order valence-corrected chi connectivity index (χ0v) is 75.7. The largest absolute Gasteiger partial charge is 0.213 e. The van der Waals surface area contributed by atoms with Crippen LogP contribution in [0.5, 0.6) is 0 Å². The second kappa shape index (κ2) is 30.2. The van der Waals surface area contributed by atoms with E-state index in [2.05, 4.69) is 428 Å². The van der Waals surface area contributed by atoms with E-state index in [1.807, 2.05) is 0 Å². The Kier molecular flexibility index (Phi) is 20.3. The Morgan fingerprint density at radius 1 is 0.217 bits per heavy atom. The molecule has 0 fully saturated rings. The topological polar surface area (TPSA) is 15.5 Å². The lowest BCUT2D eigenvalue weighted by atomic mass is 9.54. The molecular weight excluding hydrogens is 1450 g/mol. The summed E-state index contributed by atoms with van der Waals surface area (Å²) in [6.45, 7) is 46.1. The molecule has 600 valence electrons. The number of aromatic nitrogens is 4. The summed E-state index contributed by atoms with van der Waals surface area (Å²) in [5, 5.41) is 10.7. The van der Waals surface area contributed by atoms with Gasteiger partial charge < -0.3 is 0 Å². The van der Waals surface area contributed by atoms with Gasteiger partial charge in [0.1, 0.15) is 28.2 Å². The van der Waals surface area contributed by atoms with Gasteiger partial charge in [-0.2, -0.15) is 0 Å². The van der Waals surface area contributed by atoms with Crippen molar-refractivity contribution in [3.63, 3.8) is 0 Å². The maximum absolute atomic E-state index is 2.46. The van der Waals surface area contributed by atoms with Crippen molar-refractivity contribution < 1.29 is 18.3 Å². The van der Waals surface area contributed by atoms with Gasteiger partial charge in [0.25, 0.3) is 0 Å². The first-order valence-electron chi connectivity index (χ1n) is 43.7. The zero-order valence-electron chi connectivity index (χ0n) is 75.7. The minimum Gasteiger partial charge on any atom is -0.201 e. The third kappa shape index (κ3) is 13.3. The molecular formula is C116H120N4+4. The maximum Gasteiger partial charge on any atom is 0.213 e. The Labute approximate surface area is 714 Å². The number of nitrogens with zero attached hydrogens (tertiary/aromatic N) is 4. The summed E-state index contributed by atoms with van der Waals surface area (Å²) in [6, 6.07) is 82.3. The van der Waals surface area contributed by atoms with Gasteiger partial charge in [-0.15, -0.1) is 0 Å². The fourth-order valence-electron chi connectivity index (χ4n) is 21.0. The summed E-state index contributed by atoms with van der Waals surface area (Å²) in [5.41, 5.74) is 49.9. The second-order valence-corrected chi connectivity index (χ2v) is 38.1. The molecule has 16 aromatic rings. The molecule has 0 bridgehead atoms. The van der Waals surface area contributed by atoms with E-state index in [1.165, 1.54) is 244 Å². The number of fused-ring (bicyclic) bond motifs is 18. The number of pyridine rings is 4. The molecule has 0 atom stereocenters. The van der Waals surface area contributed by atoms with Crippen molar-refractivity contribution in [2.24, 2.45) is 28.2 Å². The lowest BCUT2D eigenvalue weighted by Gasteiger charge is -2.49. The molecule has 4 heterocycles. The van der Waals surface area contributed by atoms with Crippen molar-refractivity contribution in [1.82, 2.24) is 0 Å². The van der Waals surface area contributed by atoms with Crippen LogP contribution in [0.2, 0.25) is 0 Å². The van der Waals surface area contributed by atoms with Gasteiger partial charge in [0, 0.05) is 62.9 Å². The first-order chi connectivity index (χ1) is 57.1. The molecule has 0 saturated carbocycles. The minimum atomic E-state index is -0.0368. The van der Waals surface area contributed by atoms with Crippen LogP contribution in [-0.4, -0.2) is 0 Å². The standard InChI is InChI=1S/2C31H34N.2C27H26N/c1-19-16-28(32(8)18-21(19)3)25-17-26-24-14-13-22-11-9-10-12-23(22)29(24)31(6,7)30(4,5)27(26)15-20(25)2;1-19-13-14-24-25-16-22-11-9-10-12-23(22)17-26(25)30(4,5)31(6,7)29(24)28(19)27-15-20(2)21(3)18-32(27)8;1-17-9-13-24-23(26(17)25-15-18(2)19(3)16-28(25)4)14-12-21-11-10-20-7-5-6-8-22(20)27(21)24;1-17-9-11-23-24(27(17)26-13-18(2)19(3)16-28(26)4)12-10-22-14-20-7-5-6-8-21(20)15-25(22)23/h2*9-18H,1-8H3;5-11,13,15-16H,12,14H2,1-4H3;5-9,11,13-16H,10,12H2,1-4H3/q4*+1. The van der Waals surface area contributed by atoms with Crippen LogP contribution in [0.4, 0.5) is 0 Å². The molecule has 4 aromatic heterocycles. The van der Waals surface area contributed by atoms with E-state index in [0.717, 1.165) is 25.7 Å². The Hall–Kier alpha value is -11.7. The maximum atomic E-state index is 2.46. The summed E-state index contributed by atoms with van der Waals surface area (Å²) in [5.74, 6) is 0. The highest BCUT2D eigenvalue weighted by Gasteiger charge is 2.50. The van der Waals surface area contributed by atoms with Crippen LogP contribution >= 0.6 is 0 Å². The van der Waals surface area contributed by atoms with E-state index >= 15 is 0 Å². The van der Waals surface area contributed by atoms with Crippen molar-refractivity contribution in [3.8, 4) is 89.5 Å². The van der Waals surface area contributed by atoms with Crippen molar-refractivity contribution >= 4 is 43.1 Å². The van der Waals surface area contributed by atoms with Gasteiger partial charge in [-0.05, 0) is 320 Å². The number of aryl methyl sites for hydroxylation is 18. The first kappa shape index (κ1) is 80.7. The van der Waals surface area contributed by atoms with Crippen molar-refractivity contribution in [3.05, 3.63) is 354 Å². The third-order valence-corrected chi connectivity index (χ3v) is 29.8. The quantitative estimate of drug-likeness (QED) is 0.156. The summed E-state index contributed by atoms with van der Waals surface area (Å²) in [6.07, 6.45) is 13.5.